The van der Waals surface area contributed by atoms with Gasteiger partial charge in [0.25, 0.3) is 0 Å². The maximum atomic E-state index is 12.9. The van der Waals surface area contributed by atoms with Crippen LogP contribution in [0.4, 0.5) is 5.69 Å². The lowest BCUT2D eigenvalue weighted by molar-refractivity contribution is -0.149. The number of aromatic amines is 2. The molecule has 2 aliphatic rings. The number of nitrogens with zero attached hydrogens (tertiary/aromatic N) is 3. The van der Waals surface area contributed by atoms with Crippen molar-refractivity contribution in [1.29, 1.82) is 0 Å². The molecule has 0 bridgehead atoms. The molecule has 1 fully saturated rings. The Hall–Kier alpha value is -3.13. The molecule has 3 heterocycles. The number of likely N-dealkylation sites (N-methyl/N-ethyl adjacent to an activating group) is 1. The molecule has 1 saturated heterocycles. The lowest BCUT2D eigenvalue weighted by atomic mass is 9.76. The summed E-state index contributed by atoms with van der Waals surface area (Å²) >= 11 is 0. The fourth-order valence-corrected chi connectivity index (χ4v) is 4.90. The van der Waals surface area contributed by atoms with Gasteiger partial charge in [-0.15, -0.1) is 0 Å². The molecule has 2 aromatic heterocycles. The third-order valence-corrected chi connectivity index (χ3v) is 7.03. The van der Waals surface area contributed by atoms with E-state index in [0.29, 0.717) is 12.0 Å². The molecule has 33 heavy (non-hydrogen) atoms. The summed E-state index contributed by atoms with van der Waals surface area (Å²) in [5.74, 6) is -0.280. The highest BCUT2D eigenvalue weighted by Gasteiger charge is 2.30. The van der Waals surface area contributed by atoms with Crippen LogP contribution in [0.3, 0.4) is 0 Å². The van der Waals surface area contributed by atoms with E-state index < -0.39 is 0 Å². The quantitative estimate of drug-likeness (QED) is 0.639. The van der Waals surface area contributed by atoms with E-state index in [0.717, 1.165) is 47.2 Å². The van der Waals surface area contributed by atoms with Gasteiger partial charge in [-0.2, -0.15) is 5.10 Å². The number of morpholine rings is 1. The van der Waals surface area contributed by atoms with Crippen molar-refractivity contribution in [1.82, 2.24) is 20.1 Å². The predicted octanol–water partition coefficient (Wildman–Crippen LogP) is 3.28. The Kier molecular flexibility index (Phi) is 5.28. The minimum absolute atomic E-state index is 0.0347. The molecule has 0 saturated carbocycles. The normalized spacial score (nSPS) is 20.2. The predicted molar refractivity (Wildman–Crippen MR) is 127 cm³/mol. The topological polar surface area (TPSA) is 94.3 Å². The molecule has 5 rings (SSSR count). The fraction of sp³-hybridized carbons (Fsp3) is 0.480. The van der Waals surface area contributed by atoms with E-state index in [-0.39, 0.29) is 31.0 Å². The lowest BCUT2D eigenvalue weighted by Gasteiger charge is -2.33. The van der Waals surface area contributed by atoms with Crippen molar-refractivity contribution >= 4 is 28.4 Å². The van der Waals surface area contributed by atoms with Gasteiger partial charge in [-0.1, -0.05) is 19.9 Å². The average molecular weight is 450 g/mol. The first-order valence-electron chi connectivity index (χ1n) is 11.5. The molecule has 8 nitrogen and oxygen atoms in total. The van der Waals surface area contributed by atoms with Crippen LogP contribution in [0, 0.1) is 5.41 Å². The Morgan fingerprint density at radius 2 is 2.15 bits per heavy atom. The number of hydrogen-bond acceptors (Lipinski definition) is 4. The third-order valence-electron chi connectivity index (χ3n) is 7.03. The molecule has 174 valence electrons. The molecule has 0 radical (unpaired) electrons. The van der Waals surface area contributed by atoms with E-state index in [2.05, 4.69) is 35.1 Å². The van der Waals surface area contributed by atoms with Crippen molar-refractivity contribution in [2.45, 2.75) is 46.1 Å². The zero-order valence-electron chi connectivity index (χ0n) is 19.7. The van der Waals surface area contributed by atoms with Gasteiger partial charge in [0.1, 0.15) is 18.8 Å². The minimum atomic E-state index is -0.148. The number of ether oxygens (including phenoxy) is 1. The Labute approximate surface area is 193 Å². The molecular weight excluding hydrogens is 418 g/mol. The first-order chi connectivity index (χ1) is 15.7. The number of fused-ring (bicyclic) bond motifs is 2. The van der Waals surface area contributed by atoms with Gasteiger partial charge in [-0.3, -0.25) is 14.7 Å². The van der Waals surface area contributed by atoms with Gasteiger partial charge in [0.15, 0.2) is 0 Å². The van der Waals surface area contributed by atoms with Crippen LogP contribution in [0.2, 0.25) is 0 Å². The zero-order chi connectivity index (χ0) is 23.3. The molecule has 2 N–H and O–H groups in total. The first-order valence-corrected chi connectivity index (χ1v) is 11.5. The molecule has 2 amide bonds. The fourth-order valence-electron chi connectivity index (χ4n) is 4.90. The smallest absolute Gasteiger partial charge is 0.249 e. The van der Waals surface area contributed by atoms with Gasteiger partial charge in [0, 0.05) is 34.9 Å². The van der Waals surface area contributed by atoms with Gasteiger partial charge in [-0.25, -0.2) is 0 Å². The number of carbonyl (C=O) groups is 2. The van der Waals surface area contributed by atoms with E-state index in [9.17, 15) is 9.59 Å². The monoisotopic (exact) mass is 449 g/mol. The summed E-state index contributed by atoms with van der Waals surface area (Å²) in [7, 11) is 1.74. The lowest BCUT2D eigenvalue weighted by Crippen LogP contribution is -2.52. The summed E-state index contributed by atoms with van der Waals surface area (Å²) in [6, 6.07) is 7.93. The van der Waals surface area contributed by atoms with Crippen molar-refractivity contribution in [2.24, 2.45) is 5.41 Å². The summed E-state index contributed by atoms with van der Waals surface area (Å²) in [6.07, 6.45) is 3.18. The minimum Gasteiger partial charge on any atom is -0.370 e. The molecular formula is C25H31N5O3. The zero-order valence-corrected chi connectivity index (χ0v) is 19.7. The highest BCUT2D eigenvalue weighted by molar-refractivity contribution is 5.98. The van der Waals surface area contributed by atoms with Crippen molar-refractivity contribution in [2.75, 3.05) is 31.7 Å². The largest absolute Gasteiger partial charge is 0.370 e. The summed E-state index contributed by atoms with van der Waals surface area (Å²) in [5.41, 5.74) is 6.54. The summed E-state index contributed by atoms with van der Waals surface area (Å²) in [5, 5.41) is 8.95. The van der Waals surface area contributed by atoms with Crippen LogP contribution in [0.1, 0.15) is 38.4 Å². The molecule has 1 aliphatic heterocycles. The summed E-state index contributed by atoms with van der Waals surface area (Å²) in [6.45, 7) is 7.03. The van der Waals surface area contributed by atoms with Gasteiger partial charge >= 0.3 is 0 Å². The van der Waals surface area contributed by atoms with Crippen LogP contribution in [0.5, 0.6) is 0 Å². The number of carbonyl (C=O) groups excluding carboxylic acids is 2. The van der Waals surface area contributed by atoms with E-state index in [4.69, 9.17) is 4.74 Å². The van der Waals surface area contributed by atoms with Gasteiger partial charge < -0.3 is 19.5 Å². The van der Waals surface area contributed by atoms with Crippen molar-refractivity contribution in [3.05, 3.63) is 35.5 Å². The molecule has 1 atom stereocenters. The molecule has 1 aliphatic carbocycles. The Bertz CT molecular complexity index is 1220. The highest BCUT2D eigenvalue weighted by Crippen LogP contribution is 2.38. The highest BCUT2D eigenvalue weighted by atomic mass is 16.5. The number of H-pyrrole nitrogens is 2. The van der Waals surface area contributed by atoms with Crippen molar-refractivity contribution in [3.63, 3.8) is 0 Å². The van der Waals surface area contributed by atoms with E-state index in [1.54, 1.807) is 16.8 Å². The summed E-state index contributed by atoms with van der Waals surface area (Å²) < 4.78 is 5.25. The first kappa shape index (κ1) is 21.7. The Balaban J connectivity index is 1.37. The number of hydrogen-bond donors (Lipinski definition) is 2. The Morgan fingerprint density at radius 1 is 1.33 bits per heavy atom. The summed E-state index contributed by atoms with van der Waals surface area (Å²) in [4.78, 5) is 31.7. The molecule has 3 aromatic rings. The van der Waals surface area contributed by atoms with Crippen LogP contribution < -0.4 is 4.90 Å². The maximum Gasteiger partial charge on any atom is 0.249 e. The van der Waals surface area contributed by atoms with Crippen molar-refractivity contribution < 1.29 is 14.3 Å². The van der Waals surface area contributed by atoms with E-state index in [1.807, 2.05) is 25.1 Å². The van der Waals surface area contributed by atoms with Crippen LogP contribution >= 0.6 is 0 Å². The van der Waals surface area contributed by atoms with Crippen LogP contribution in [0.25, 0.3) is 22.3 Å². The van der Waals surface area contributed by atoms with E-state index in [1.165, 1.54) is 11.3 Å². The average Bonchev–Trinajstić information content (AvgIpc) is 3.37. The molecule has 1 aromatic carbocycles. The van der Waals surface area contributed by atoms with E-state index >= 15 is 0 Å². The number of amides is 2. The second kappa shape index (κ2) is 8.02. The van der Waals surface area contributed by atoms with Crippen molar-refractivity contribution in [3.8, 4) is 11.4 Å². The van der Waals surface area contributed by atoms with Gasteiger partial charge in [0.05, 0.1) is 18.3 Å². The molecule has 8 heteroatoms. The van der Waals surface area contributed by atoms with Gasteiger partial charge in [0.2, 0.25) is 11.8 Å². The SMILES string of the molecule is C[C@H]1COCC(=O)N1CC(=O)N(C)c1ccc2cc(-c3n[nH]c4c3CCC(C)(C)C4)[nH]c2c1. The second-order valence-corrected chi connectivity index (χ2v) is 10.2. The van der Waals surface area contributed by atoms with Gasteiger partial charge in [-0.05, 0) is 49.8 Å². The molecule has 0 spiro atoms. The molecule has 0 unspecified atom stereocenters. The number of nitrogens with one attached hydrogen (secondary N) is 2. The van der Waals surface area contributed by atoms with Crippen LogP contribution in [0.15, 0.2) is 24.3 Å². The number of rotatable bonds is 4. The standard InChI is InChI=1S/C25H31N5O3/c1-15-13-33-14-23(32)30(15)12-22(31)29(4)17-6-5-16-9-20(26-19(16)10-17)24-18-7-8-25(2,3)11-21(18)27-28-24/h5-6,9-10,15,26H,7-8,11-14H2,1-4H3,(H,27,28)/t15-/m0/s1. The number of anilines is 1. The number of aromatic nitrogens is 3. The Morgan fingerprint density at radius 3 is 2.94 bits per heavy atom. The maximum absolute atomic E-state index is 12.9. The number of benzene rings is 1. The third kappa shape index (κ3) is 4.04. The second-order valence-electron chi connectivity index (χ2n) is 10.2. The van der Waals surface area contributed by atoms with Crippen LogP contribution in [-0.4, -0.2) is 64.7 Å². The van der Waals surface area contributed by atoms with Crippen LogP contribution in [-0.2, 0) is 27.2 Å².